The highest BCUT2D eigenvalue weighted by atomic mass is 16.4. The first-order chi connectivity index (χ1) is 7.09. The maximum absolute atomic E-state index is 11.0. The highest BCUT2D eigenvalue weighted by molar-refractivity contribution is 6.03. The molecule has 0 spiro atoms. The summed E-state index contributed by atoms with van der Waals surface area (Å²) < 4.78 is 0. The Morgan fingerprint density at radius 3 is 2.80 bits per heavy atom. The first kappa shape index (κ1) is 9.52. The largest absolute Gasteiger partial charge is 0.478 e. The normalized spacial score (nSPS) is 10.5. The zero-order chi connectivity index (χ0) is 11.0. The lowest BCUT2D eigenvalue weighted by Gasteiger charge is -1.94. The number of carbonyl (C=O) groups is 1. The summed E-state index contributed by atoms with van der Waals surface area (Å²) in [4.78, 5) is 14.1. The second kappa shape index (κ2) is 3.28. The van der Waals surface area contributed by atoms with Gasteiger partial charge in [0.1, 0.15) is 0 Å². The minimum absolute atomic E-state index is 0.316. The Morgan fingerprint density at radius 2 is 2.20 bits per heavy atom. The summed E-state index contributed by atoms with van der Waals surface area (Å²) in [5.74, 6) is -0.909. The van der Waals surface area contributed by atoms with Crippen molar-refractivity contribution in [3.63, 3.8) is 0 Å². The third-order valence-corrected chi connectivity index (χ3v) is 2.35. The Balaban J connectivity index is 2.75. The van der Waals surface area contributed by atoms with E-state index in [1.54, 1.807) is 12.1 Å². The quantitative estimate of drug-likeness (QED) is 0.784. The third-order valence-electron chi connectivity index (χ3n) is 2.35. The zero-order valence-corrected chi connectivity index (χ0v) is 8.37. The molecule has 0 bridgehead atoms. The molecule has 0 aliphatic rings. The maximum atomic E-state index is 11.0. The highest BCUT2D eigenvalue weighted by Crippen LogP contribution is 2.22. The molecular weight excluding hydrogens is 190 g/mol. The van der Waals surface area contributed by atoms with Crippen LogP contribution in [-0.2, 0) is 0 Å². The van der Waals surface area contributed by atoms with Crippen molar-refractivity contribution >= 4 is 22.4 Å². The van der Waals surface area contributed by atoms with E-state index in [1.165, 1.54) is 0 Å². The second-order valence-electron chi connectivity index (χ2n) is 3.54. The van der Waals surface area contributed by atoms with E-state index in [0.29, 0.717) is 5.56 Å². The number of hydrogen-bond donors (Lipinski definition) is 2. The molecule has 15 heavy (non-hydrogen) atoms. The van der Waals surface area contributed by atoms with Crippen molar-refractivity contribution in [2.75, 3.05) is 0 Å². The van der Waals surface area contributed by atoms with Crippen LogP contribution < -0.4 is 0 Å². The van der Waals surface area contributed by atoms with Gasteiger partial charge in [0, 0.05) is 16.6 Å². The molecule has 0 atom stereocenters. The summed E-state index contributed by atoms with van der Waals surface area (Å²) in [5, 5.41) is 9.72. The molecule has 0 fully saturated rings. The number of aromatic nitrogens is 1. The van der Waals surface area contributed by atoms with Crippen LogP contribution in [0.2, 0.25) is 0 Å². The van der Waals surface area contributed by atoms with E-state index < -0.39 is 5.97 Å². The van der Waals surface area contributed by atoms with Crippen molar-refractivity contribution in [3.05, 3.63) is 42.1 Å². The Morgan fingerprint density at radius 1 is 1.47 bits per heavy atom. The first-order valence-electron chi connectivity index (χ1n) is 4.60. The predicted octanol–water partition coefficient (Wildman–Crippen LogP) is 2.90. The van der Waals surface area contributed by atoms with Gasteiger partial charge >= 0.3 is 5.97 Å². The van der Waals surface area contributed by atoms with Crippen molar-refractivity contribution in [1.29, 1.82) is 0 Å². The molecule has 3 nitrogen and oxygen atoms in total. The molecule has 1 heterocycles. The van der Waals surface area contributed by atoms with E-state index >= 15 is 0 Å². The number of carboxylic acids is 1. The molecular formula is C12H11NO2. The van der Waals surface area contributed by atoms with Crippen LogP contribution in [0.5, 0.6) is 0 Å². The number of aromatic carboxylic acids is 1. The summed E-state index contributed by atoms with van der Waals surface area (Å²) in [6, 6.07) is 7.00. The Kier molecular flexibility index (Phi) is 2.08. The summed E-state index contributed by atoms with van der Waals surface area (Å²) in [5.41, 5.74) is 2.91. The standard InChI is InChI=1S/C12H11NO2/c1-7(2)11-6-9-8(12(14)15)4-3-5-10(9)13-11/h3-6,13H,1H2,2H3,(H,14,15). The van der Waals surface area contributed by atoms with Gasteiger partial charge in [-0.1, -0.05) is 12.6 Å². The van der Waals surface area contributed by atoms with Crippen molar-refractivity contribution in [1.82, 2.24) is 4.98 Å². The van der Waals surface area contributed by atoms with Crippen LogP contribution in [-0.4, -0.2) is 16.1 Å². The van der Waals surface area contributed by atoms with Gasteiger partial charge in [0.15, 0.2) is 0 Å². The molecule has 0 aliphatic carbocycles. The first-order valence-corrected chi connectivity index (χ1v) is 4.60. The molecule has 1 aromatic heterocycles. The lowest BCUT2D eigenvalue weighted by atomic mass is 10.1. The second-order valence-corrected chi connectivity index (χ2v) is 3.54. The molecule has 2 aromatic rings. The van der Waals surface area contributed by atoms with Gasteiger partial charge < -0.3 is 10.1 Å². The summed E-state index contributed by atoms with van der Waals surface area (Å²) in [7, 11) is 0. The predicted molar refractivity (Wildman–Crippen MR) is 60.0 cm³/mol. The lowest BCUT2D eigenvalue weighted by molar-refractivity contribution is 0.0699. The van der Waals surface area contributed by atoms with E-state index in [0.717, 1.165) is 22.2 Å². The SMILES string of the molecule is C=C(C)c1cc2c(C(=O)O)cccc2[nH]1. The van der Waals surface area contributed by atoms with Crippen molar-refractivity contribution < 1.29 is 9.90 Å². The molecule has 0 unspecified atom stereocenters. The molecule has 0 saturated heterocycles. The number of fused-ring (bicyclic) bond motifs is 1. The van der Waals surface area contributed by atoms with Gasteiger partial charge in [-0.25, -0.2) is 4.79 Å². The van der Waals surface area contributed by atoms with Crippen LogP contribution in [0.25, 0.3) is 16.5 Å². The minimum Gasteiger partial charge on any atom is -0.478 e. The van der Waals surface area contributed by atoms with Gasteiger partial charge in [-0.2, -0.15) is 0 Å². The maximum Gasteiger partial charge on any atom is 0.336 e. The number of carboxylic acid groups (broad SMARTS) is 1. The lowest BCUT2D eigenvalue weighted by Crippen LogP contribution is -1.95. The van der Waals surface area contributed by atoms with E-state index in [4.69, 9.17) is 5.11 Å². The van der Waals surface area contributed by atoms with Gasteiger partial charge in [0.05, 0.1) is 5.56 Å². The van der Waals surface area contributed by atoms with Gasteiger partial charge in [-0.05, 0) is 30.7 Å². The van der Waals surface area contributed by atoms with E-state index in [-0.39, 0.29) is 0 Å². The average molecular weight is 201 g/mol. The molecule has 3 heteroatoms. The summed E-state index contributed by atoms with van der Waals surface area (Å²) in [6.45, 7) is 5.70. The van der Waals surface area contributed by atoms with E-state index in [9.17, 15) is 4.79 Å². The van der Waals surface area contributed by atoms with Gasteiger partial charge in [0.2, 0.25) is 0 Å². The fraction of sp³-hybridized carbons (Fsp3) is 0.0833. The number of H-pyrrole nitrogens is 1. The van der Waals surface area contributed by atoms with Crippen LogP contribution in [0.3, 0.4) is 0 Å². The van der Waals surface area contributed by atoms with Crippen LogP contribution in [0.1, 0.15) is 23.0 Å². The third kappa shape index (κ3) is 1.52. The number of aromatic amines is 1. The van der Waals surface area contributed by atoms with Crippen molar-refractivity contribution in [3.8, 4) is 0 Å². The van der Waals surface area contributed by atoms with Gasteiger partial charge in [-0.3, -0.25) is 0 Å². The number of rotatable bonds is 2. The fourth-order valence-corrected chi connectivity index (χ4v) is 1.57. The van der Waals surface area contributed by atoms with Crippen molar-refractivity contribution in [2.45, 2.75) is 6.92 Å². The molecule has 0 amide bonds. The molecule has 2 rings (SSSR count). The molecule has 1 aromatic carbocycles. The number of benzene rings is 1. The van der Waals surface area contributed by atoms with Crippen LogP contribution >= 0.6 is 0 Å². The fourth-order valence-electron chi connectivity index (χ4n) is 1.57. The van der Waals surface area contributed by atoms with Gasteiger partial charge in [-0.15, -0.1) is 0 Å². The molecule has 0 aliphatic heterocycles. The van der Waals surface area contributed by atoms with Crippen LogP contribution in [0.4, 0.5) is 0 Å². The van der Waals surface area contributed by atoms with Crippen molar-refractivity contribution in [2.24, 2.45) is 0 Å². The van der Waals surface area contributed by atoms with E-state index in [1.807, 2.05) is 19.1 Å². The number of allylic oxidation sites excluding steroid dienone is 1. The Bertz CT molecular complexity index is 552. The van der Waals surface area contributed by atoms with E-state index in [2.05, 4.69) is 11.6 Å². The zero-order valence-electron chi connectivity index (χ0n) is 8.37. The minimum atomic E-state index is -0.909. The smallest absolute Gasteiger partial charge is 0.336 e. The Labute approximate surface area is 87.0 Å². The Hall–Kier alpha value is -2.03. The topological polar surface area (TPSA) is 53.1 Å². The number of hydrogen-bond acceptors (Lipinski definition) is 1. The molecule has 2 N–H and O–H groups in total. The molecule has 76 valence electrons. The average Bonchev–Trinajstić information content (AvgIpc) is 2.60. The summed E-state index contributed by atoms with van der Waals surface area (Å²) in [6.07, 6.45) is 0. The molecule has 0 saturated carbocycles. The van der Waals surface area contributed by atoms with Crippen LogP contribution in [0, 0.1) is 0 Å². The molecule has 0 radical (unpaired) electrons. The monoisotopic (exact) mass is 201 g/mol. The number of nitrogens with one attached hydrogen (secondary N) is 1. The highest BCUT2D eigenvalue weighted by Gasteiger charge is 2.10. The summed E-state index contributed by atoms with van der Waals surface area (Å²) >= 11 is 0. The van der Waals surface area contributed by atoms with Crippen LogP contribution in [0.15, 0.2) is 30.8 Å². The van der Waals surface area contributed by atoms with Gasteiger partial charge in [0.25, 0.3) is 0 Å².